The maximum Gasteiger partial charge on any atom is 0.246 e. The van der Waals surface area contributed by atoms with E-state index in [0.29, 0.717) is 63.5 Å². The van der Waals surface area contributed by atoms with E-state index in [4.69, 9.17) is 5.73 Å². The van der Waals surface area contributed by atoms with E-state index in [2.05, 4.69) is 52.8 Å². The monoisotopic (exact) mass is 1790 g/mol. The normalized spacial score (nSPS) is 21.9. The molecule has 692 valence electrons. The number of phenolic OH excluding ortho intramolecular Hbond substituents is 2. The lowest BCUT2D eigenvalue weighted by Crippen LogP contribution is -2.61. The lowest BCUT2D eigenvalue weighted by Gasteiger charge is -2.37. The second-order valence-electron chi connectivity index (χ2n) is 33.2. The fraction of sp³-hybridized carbons (Fsp3) is 0.436. The van der Waals surface area contributed by atoms with Crippen LogP contribution in [0.4, 0.5) is 0 Å². The number of aliphatic hydroxyl groups is 1. The lowest BCUT2D eigenvalue weighted by atomic mass is 9.98. The number of aliphatic hydroxyl groups excluding tert-OH is 1. The summed E-state index contributed by atoms with van der Waals surface area (Å²) in [6.45, 7) is 7.18. The number of H-pyrrole nitrogens is 1. The molecule has 1 unspecified atom stereocenters. The van der Waals surface area contributed by atoms with E-state index in [1.807, 2.05) is 6.92 Å². The molecule has 0 saturated carbocycles. The molecule has 0 spiro atoms. The Hall–Kier alpha value is -13.2. The molecule has 129 heavy (non-hydrogen) atoms. The Balaban J connectivity index is 1.21. The molecule has 1 aliphatic heterocycles. The minimum Gasteiger partial charge on any atom is -0.508 e. The Morgan fingerprint density at radius 1 is 0.465 bits per heavy atom. The van der Waals surface area contributed by atoms with E-state index in [-0.39, 0.29) is 81.1 Å². The summed E-state index contributed by atoms with van der Waals surface area (Å²) in [5, 5.41) is 56.6. The number of aromatic amines is 1. The highest BCUT2D eigenvalue weighted by Crippen LogP contribution is 2.25. The van der Waals surface area contributed by atoms with Crippen LogP contribution in [0.2, 0.25) is 0 Å². The van der Waals surface area contributed by atoms with Crippen LogP contribution in [0.3, 0.4) is 0 Å². The molecule has 15 N–H and O–H groups in total. The number of nitrogens with two attached hydrogens (primary N) is 1. The van der Waals surface area contributed by atoms with Gasteiger partial charge in [-0.1, -0.05) is 188 Å². The Bertz CT molecular complexity index is 4990. The quantitative estimate of drug-likeness (QED) is 0.0413. The summed E-state index contributed by atoms with van der Waals surface area (Å²) in [5.74, 6) is -15.1. The van der Waals surface area contributed by atoms with E-state index >= 15 is 38.4 Å². The van der Waals surface area contributed by atoms with Crippen molar-refractivity contribution in [2.45, 2.75) is 179 Å². The summed E-state index contributed by atoms with van der Waals surface area (Å²) in [6.07, 6.45) is 1.71. The topological polar surface area (TPSA) is 483 Å². The van der Waals surface area contributed by atoms with E-state index in [9.17, 15) is 48.9 Å². The van der Waals surface area contributed by atoms with Crippen molar-refractivity contribution < 1.29 is 87.2 Å². The van der Waals surface area contributed by atoms with Crippen LogP contribution in [-0.4, -0.2) is 272 Å². The first-order chi connectivity index (χ1) is 61.6. The minimum atomic E-state index is -1.74. The van der Waals surface area contributed by atoms with Crippen molar-refractivity contribution in [2.75, 3.05) is 72.5 Å². The van der Waals surface area contributed by atoms with Crippen LogP contribution in [0, 0.1) is 11.8 Å². The zero-order valence-corrected chi connectivity index (χ0v) is 75.4. The minimum absolute atomic E-state index is 0.0398. The molecular formula is C94H122N16O18S. The van der Waals surface area contributed by atoms with Gasteiger partial charge in [0.2, 0.25) is 88.6 Å². The fourth-order valence-corrected chi connectivity index (χ4v) is 16.0. The third-order valence-corrected chi connectivity index (χ3v) is 23.3. The number of primary amides is 1. The number of phenols is 2. The van der Waals surface area contributed by atoms with Gasteiger partial charge >= 0.3 is 0 Å². The largest absolute Gasteiger partial charge is 0.508 e. The van der Waals surface area contributed by atoms with Crippen LogP contribution >= 0.6 is 11.8 Å². The van der Waals surface area contributed by atoms with Crippen molar-refractivity contribution in [2.24, 2.45) is 17.6 Å². The van der Waals surface area contributed by atoms with Crippen LogP contribution in [0.15, 0.2) is 170 Å². The molecule has 1 fully saturated rings. The predicted molar refractivity (Wildman–Crippen MR) is 486 cm³/mol. The Morgan fingerprint density at radius 3 is 1.48 bits per heavy atom. The summed E-state index contributed by atoms with van der Waals surface area (Å²) in [6, 6.07) is 28.2. The second kappa shape index (κ2) is 49.8. The van der Waals surface area contributed by atoms with Crippen molar-refractivity contribution in [1.29, 1.82) is 0 Å². The van der Waals surface area contributed by atoms with E-state index in [1.54, 1.807) is 156 Å². The van der Waals surface area contributed by atoms with Crippen molar-refractivity contribution >= 4 is 111 Å². The number of nitrogens with one attached hydrogen (secondary N) is 10. The van der Waals surface area contributed by atoms with Crippen LogP contribution in [-0.2, 0) is 110 Å². The van der Waals surface area contributed by atoms with Gasteiger partial charge in [0.05, 0.1) is 32.0 Å². The molecule has 1 saturated heterocycles. The number of carbonyl (C=O) groups excluding carboxylic acids is 15. The van der Waals surface area contributed by atoms with Gasteiger partial charge in [0, 0.05) is 96.1 Å². The Morgan fingerprint density at radius 2 is 0.930 bits per heavy atom. The number of para-hydroxylation sites is 1. The SMILES string of the molecule is CCCC[C@H]1C(=O)N(CCC)CC(=O)N[C@@H](CO)C(=O)N[C@@H](C(C)C)C(=O)N(C)[C@@H](Cc2ccccc2)C(=O)N[C@@H](Cc2ccc(O)cc2)C(=O)N(C)CC(=O)N[C@@H](Cc2c[nH]c3ccccc23)C(=O)N[C@@H](Cc2ccc(O)cc2)C(=O)N[C@@H](CC(C)C)C(=O)N[C@H](C(=O)NCC(N)=O)CSCC(=O)N[C@@H](Cc2ccccc2)C(=O)N(C)C(Cc2ccccc2)C(=O)N1C. The number of nitrogens with zero attached hydrogens (tertiary/aromatic N) is 5. The fourth-order valence-electron chi connectivity index (χ4n) is 15.1. The van der Waals surface area contributed by atoms with Gasteiger partial charge in [-0.15, -0.1) is 11.8 Å². The van der Waals surface area contributed by atoms with Crippen LogP contribution in [0.25, 0.3) is 10.9 Å². The number of rotatable bonds is 24. The number of amides is 15. The molecule has 34 nitrogen and oxygen atoms in total. The third-order valence-electron chi connectivity index (χ3n) is 22.2. The number of fused-ring (bicyclic) bond motifs is 1. The molecule has 8 rings (SSSR count). The molecule has 0 aliphatic carbocycles. The van der Waals surface area contributed by atoms with Crippen LogP contribution in [0.1, 0.15) is 107 Å². The molecule has 35 heteroatoms. The first-order valence-corrected chi connectivity index (χ1v) is 44.4. The van der Waals surface area contributed by atoms with E-state index in [1.165, 1.54) is 91.4 Å². The maximum atomic E-state index is 15.6. The van der Waals surface area contributed by atoms with Gasteiger partial charge in [0.1, 0.15) is 78.0 Å². The summed E-state index contributed by atoms with van der Waals surface area (Å²) >= 11 is 0.844. The third kappa shape index (κ3) is 30.5. The number of unbranched alkanes of at least 4 members (excludes halogenated alkanes) is 1. The highest BCUT2D eigenvalue weighted by Gasteiger charge is 2.42. The van der Waals surface area contributed by atoms with Crippen LogP contribution < -0.4 is 53.6 Å². The average molecular weight is 1800 g/mol. The van der Waals surface area contributed by atoms with Gasteiger partial charge in [0.15, 0.2) is 0 Å². The molecule has 0 bridgehead atoms. The van der Waals surface area contributed by atoms with Gasteiger partial charge in [-0.3, -0.25) is 71.9 Å². The number of hydrogen-bond donors (Lipinski definition) is 14. The van der Waals surface area contributed by atoms with Gasteiger partial charge in [-0.25, -0.2) is 0 Å². The highest BCUT2D eigenvalue weighted by molar-refractivity contribution is 8.00. The smallest absolute Gasteiger partial charge is 0.246 e. The number of thioether (sulfide) groups is 1. The second-order valence-corrected chi connectivity index (χ2v) is 34.2. The number of aromatic hydroxyl groups is 2. The van der Waals surface area contributed by atoms with E-state index < -0.39 is 193 Å². The van der Waals surface area contributed by atoms with Crippen molar-refractivity contribution in [3.05, 3.63) is 203 Å². The zero-order chi connectivity index (χ0) is 94.1. The Labute approximate surface area is 755 Å². The zero-order valence-electron chi connectivity index (χ0n) is 74.6. The van der Waals surface area contributed by atoms with Crippen molar-refractivity contribution in [1.82, 2.24) is 77.3 Å². The first-order valence-electron chi connectivity index (χ1n) is 43.3. The van der Waals surface area contributed by atoms with Gasteiger partial charge < -0.3 is 98.4 Å². The molecule has 1 aliphatic rings. The number of hydrogen-bond acceptors (Lipinski definition) is 19. The summed E-state index contributed by atoms with van der Waals surface area (Å²) in [5.41, 5.74) is 9.25. The highest BCUT2D eigenvalue weighted by atomic mass is 32.2. The van der Waals surface area contributed by atoms with Gasteiger partial charge in [0.25, 0.3) is 0 Å². The number of carbonyl (C=O) groups is 15. The van der Waals surface area contributed by atoms with E-state index in [0.717, 1.165) is 21.6 Å². The molecule has 6 aromatic carbocycles. The molecule has 15 amide bonds. The predicted octanol–water partition coefficient (Wildman–Crippen LogP) is 2.62. The summed E-state index contributed by atoms with van der Waals surface area (Å²) < 4.78 is 0. The number of aromatic nitrogens is 1. The van der Waals surface area contributed by atoms with Gasteiger partial charge in [-0.2, -0.15) is 0 Å². The first kappa shape index (κ1) is 101. The number of benzene rings is 6. The average Bonchev–Trinajstić information content (AvgIpc) is 1.68. The molecule has 11 atom stereocenters. The van der Waals surface area contributed by atoms with Gasteiger partial charge in [-0.05, 0) is 94.8 Å². The lowest BCUT2D eigenvalue weighted by molar-refractivity contribution is -0.151. The number of likely N-dealkylation sites (N-methyl/N-ethyl adjacent to an activating group) is 4. The maximum absolute atomic E-state index is 15.6. The van der Waals surface area contributed by atoms with Crippen LogP contribution in [0.5, 0.6) is 11.5 Å². The van der Waals surface area contributed by atoms with Crippen molar-refractivity contribution in [3.8, 4) is 11.5 Å². The molecule has 2 heterocycles. The summed E-state index contributed by atoms with van der Waals surface area (Å²) in [4.78, 5) is 232. The molecule has 1 aromatic heterocycles. The molecular weight excluding hydrogens is 1670 g/mol. The van der Waals surface area contributed by atoms with Crippen molar-refractivity contribution in [3.63, 3.8) is 0 Å². The Kier molecular flexibility index (Phi) is 39.1. The molecule has 7 aromatic rings. The standard InChI is InChI=1S/C94H122N16O18S/c1-11-13-33-76-93(127)110(42-12-2)53-81(116)100-74(54-111)88(122)105-83(58(5)6)94(128)108(9)77(47-60-27-19-15-20-28-60)89(123)103-72(46-63-36-40-66(113)41-37-63)90(124)106(7)52-80(115)98-71(49-64-50-96-68-32-24-23-31-67(64)68)87(121)102-70(44-62-34-38-65(112)39-35-62)86(120)101-69(43-57(3)4)85(119)104-75(84(118)97-51-79(95)114)55-129-56-82(117)99-73(45-59-25-17-14-18-26-59)91(125)109(10)78(92(126)107(76)8)48-61-29-21-16-22-30-61/h14-32,34-41,50,57-58,69-78,83,96,111-113H,11-13,33,42-49,51-56H2,1-10H3,(H2,95,114)(H,97,118)(H,98,115)(H,99,117)(H,100,116)(H,101,120)(H,102,121)(H,103,123)(H,104,119)(H,105,122)/t69-,70-,71-,72-,73-,74-,75-,76-,77-,78?,83-/m0/s1. The molecule has 0 radical (unpaired) electrons. The summed E-state index contributed by atoms with van der Waals surface area (Å²) in [7, 11) is 5.42.